The van der Waals surface area contributed by atoms with Crippen molar-refractivity contribution in [2.45, 2.75) is 19.4 Å². The number of hydrogen-bond acceptors (Lipinski definition) is 2. The van der Waals surface area contributed by atoms with Gasteiger partial charge in [-0.15, -0.1) is 0 Å². The second-order valence-corrected chi connectivity index (χ2v) is 4.21. The molecule has 0 bridgehead atoms. The van der Waals surface area contributed by atoms with E-state index in [0.717, 1.165) is 11.8 Å². The highest BCUT2D eigenvalue weighted by molar-refractivity contribution is 9.10. The molecule has 5 heteroatoms. The third kappa shape index (κ3) is 2.85. The summed E-state index contributed by atoms with van der Waals surface area (Å²) in [4.78, 5) is 11.6. The smallest absolute Gasteiger partial charge is 0.256 e. The number of halogens is 2. The molecule has 0 aliphatic rings. The van der Waals surface area contributed by atoms with Gasteiger partial charge in [-0.25, -0.2) is 0 Å². The van der Waals surface area contributed by atoms with Gasteiger partial charge in [-0.1, -0.05) is 22.9 Å². The number of rotatable bonds is 4. The normalized spacial score (nSPS) is 12.5. The van der Waals surface area contributed by atoms with E-state index in [2.05, 4.69) is 37.2 Å². The zero-order chi connectivity index (χ0) is 10.6. The van der Waals surface area contributed by atoms with Crippen molar-refractivity contribution in [2.24, 2.45) is 0 Å². The molecule has 1 N–H and O–H groups in total. The molecule has 1 heterocycles. The Balaban J connectivity index is 2.63. The van der Waals surface area contributed by atoms with Crippen LogP contribution in [0.2, 0.25) is 0 Å². The number of carbonyl (C=O) groups is 1. The molecule has 0 aromatic carbocycles. The van der Waals surface area contributed by atoms with Crippen LogP contribution in [0.1, 0.15) is 23.7 Å². The Morgan fingerprint density at radius 2 is 2.43 bits per heavy atom. The fourth-order valence-electron chi connectivity index (χ4n) is 0.969. The van der Waals surface area contributed by atoms with Gasteiger partial charge >= 0.3 is 0 Å². The first-order valence-corrected chi connectivity index (χ1v) is 6.20. The maximum atomic E-state index is 11.6. The maximum absolute atomic E-state index is 11.6. The van der Waals surface area contributed by atoms with E-state index in [1.54, 1.807) is 6.07 Å². The minimum atomic E-state index is -0.114. The molecule has 1 aromatic heterocycles. The number of alkyl halides is 1. The third-order valence-corrected chi connectivity index (χ3v) is 3.27. The lowest BCUT2D eigenvalue weighted by molar-refractivity contribution is 0.0938. The lowest BCUT2D eigenvalue weighted by Crippen LogP contribution is -2.35. The van der Waals surface area contributed by atoms with Crippen LogP contribution in [0.4, 0.5) is 0 Å². The summed E-state index contributed by atoms with van der Waals surface area (Å²) in [6.45, 7) is 2.02. The van der Waals surface area contributed by atoms with Crippen LogP contribution in [0.5, 0.6) is 0 Å². The molecule has 0 aliphatic heterocycles. The molecule has 1 unspecified atom stereocenters. The zero-order valence-electron chi connectivity index (χ0n) is 7.72. The lowest BCUT2D eigenvalue weighted by atomic mass is 10.2. The highest BCUT2D eigenvalue weighted by Crippen LogP contribution is 2.17. The van der Waals surface area contributed by atoms with Gasteiger partial charge in [-0.05, 0) is 28.4 Å². The number of amides is 1. The summed E-state index contributed by atoms with van der Waals surface area (Å²) in [7, 11) is 0. The van der Waals surface area contributed by atoms with Crippen LogP contribution in [0.3, 0.4) is 0 Å². The third-order valence-electron chi connectivity index (χ3n) is 1.88. The molecule has 1 atom stereocenters. The SMILES string of the molecule is CCC(CBr)NC(=O)c1ccoc1Br. The Morgan fingerprint density at radius 3 is 2.86 bits per heavy atom. The molecule has 0 saturated heterocycles. The first kappa shape index (κ1) is 11.8. The Morgan fingerprint density at radius 1 is 1.71 bits per heavy atom. The van der Waals surface area contributed by atoms with Crippen molar-refractivity contribution < 1.29 is 9.21 Å². The summed E-state index contributed by atoms with van der Waals surface area (Å²) in [5.74, 6) is -0.114. The van der Waals surface area contributed by atoms with Crippen molar-refractivity contribution >= 4 is 37.8 Å². The summed E-state index contributed by atoms with van der Waals surface area (Å²) >= 11 is 6.50. The molecule has 0 radical (unpaired) electrons. The van der Waals surface area contributed by atoms with E-state index in [9.17, 15) is 4.79 Å². The predicted molar refractivity (Wildman–Crippen MR) is 61.7 cm³/mol. The fraction of sp³-hybridized carbons (Fsp3) is 0.444. The monoisotopic (exact) mass is 323 g/mol. The second-order valence-electron chi connectivity index (χ2n) is 2.84. The van der Waals surface area contributed by atoms with Crippen LogP contribution in [0, 0.1) is 0 Å². The average molecular weight is 325 g/mol. The van der Waals surface area contributed by atoms with Crippen LogP contribution in [0.25, 0.3) is 0 Å². The van der Waals surface area contributed by atoms with Gasteiger partial charge in [0.25, 0.3) is 5.91 Å². The van der Waals surface area contributed by atoms with Crippen molar-refractivity contribution in [2.75, 3.05) is 5.33 Å². The molecule has 78 valence electrons. The molecule has 1 aromatic rings. The fourth-order valence-corrected chi connectivity index (χ4v) is 2.01. The molecule has 1 amide bonds. The molecule has 0 fully saturated rings. The highest BCUT2D eigenvalue weighted by Gasteiger charge is 2.15. The molecule has 0 spiro atoms. The summed E-state index contributed by atoms with van der Waals surface area (Å²) in [5.41, 5.74) is 0.532. The molecular formula is C9H11Br2NO2. The second kappa shape index (κ2) is 5.56. The van der Waals surface area contributed by atoms with Gasteiger partial charge < -0.3 is 9.73 Å². The van der Waals surface area contributed by atoms with Crippen LogP contribution in [-0.2, 0) is 0 Å². The first-order valence-electron chi connectivity index (χ1n) is 4.28. The number of hydrogen-bond donors (Lipinski definition) is 1. The molecular weight excluding hydrogens is 314 g/mol. The number of furan rings is 1. The van der Waals surface area contributed by atoms with E-state index in [4.69, 9.17) is 4.42 Å². The van der Waals surface area contributed by atoms with Crippen molar-refractivity contribution in [1.82, 2.24) is 5.32 Å². The van der Waals surface area contributed by atoms with E-state index in [0.29, 0.717) is 10.2 Å². The van der Waals surface area contributed by atoms with Crippen molar-refractivity contribution in [3.05, 3.63) is 22.6 Å². The predicted octanol–water partition coefficient (Wildman–Crippen LogP) is 2.95. The minimum absolute atomic E-state index is 0.114. The Bertz CT molecular complexity index is 308. The van der Waals surface area contributed by atoms with Gasteiger partial charge in [0.05, 0.1) is 11.8 Å². The molecule has 3 nitrogen and oxygen atoms in total. The van der Waals surface area contributed by atoms with E-state index in [-0.39, 0.29) is 11.9 Å². The van der Waals surface area contributed by atoms with Crippen LogP contribution in [0.15, 0.2) is 21.4 Å². The number of nitrogens with one attached hydrogen (secondary N) is 1. The summed E-state index contributed by atoms with van der Waals surface area (Å²) in [5, 5.41) is 3.64. The van der Waals surface area contributed by atoms with Gasteiger partial charge in [0, 0.05) is 11.4 Å². The molecule has 0 aliphatic carbocycles. The van der Waals surface area contributed by atoms with Gasteiger partial charge in [0.1, 0.15) is 0 Å². The van der Waals surface area contributed by atoms with Crippen molar-refractivity contribution in [3.8, 4) is 0 Å². The van der Waals surface area contributed by atoms with Crippen LogP contribution >= 0.6 is 31.9 Å². The van der Waals surface area contributed by atoms with Crippen LogP contribution < -0.4 is 5.32 Å². The summed E-state index contributed by atoms with van der Waals surface area (Å²) < 4.78 is 5.45. The quantitative estimate of drug-likeness (QED) is 0.865. The highest BCUT2D eigenvalue weighted by atomic mass is 79.9. The van der Waals surface area contributed by atoms with E-state index in [1.807, 2.05) is 6.92 Å². The van der Waals surface area contributed by atoms with Crippen molar-refractivity contribution in [1.29, 1.82) is 0 Å². The zero-order valence-corrected chi connectivity index (χ0v) is 10.9. The van der Waals surface area contributed by atoms with Crippen LogP contribution in [-0.4, -0.2) is 17.3 Å². The average Bonchev–Trinajstić information content (AvgIpc) is 2.60. The van der Waals surface area contributed by atoms with Crippen molar-refractivity contribution in [3.63, 3.8) is 0 Å². The molecule has 1 rings (SSSR count). The molecule has 0 saturated carbocycles. The first-order chi connectivity index (χ1) is 6.69. The Labute approximate surface area is 99.5 Å². The largest absolute Gasteiger partial charge is 0.457 e. The van der Waals surface area contributed by atoms with Gasteiger partial charge in [-0.3, -0.25) is 4.79 Å². The van der Waals surface area contributed by atoms with E-state index in [1.165, 1.54) is 6.26 Å². The Kier molecular flexibility index (Phi) is 4.68. The van der Waals surface area contributed by atoms with E-state index < -0.39 is 0 Å². The Hall–Kier alpha value is -0.290. The van der Waals surface area contributed by atoms with Gasteiger partial charge in [-0.2, -0.15) is 0 Å². The van der Waals surface area contributed by atoms with Gasteiger partial charge in [0.2, 0.25) is 0 Å². The standard InChI is InChI=1S/C9H11Br2NO2/c1-2-6(5-10)12-9(13)7-3-4-14-8(7)11/h3-4,6H,2,5H2,1H3,(H,12,13). The lowest BCUT2D eigenvalue weighted by Gasteiger charge is -2.12. The van der Waals surface area contributed by atoms with Gasteiger partial charge in [0.15, 0.2) is 4.67 Å². The minimum Gasteiger partial charge on any atom is -0.457 e. The summed E-state index contributed by atoms with van der Waals surface area (Å²) in [6.07, 6.45) is 2.38. The maximum Gasteiger partial charge on any atom is 0.256 e. The molecule has 14 heavy (non-hydrogen) atoms. The summed E-state index contributed by atoms with van der Waals surface area (Å²) in [6, 6.07) is 1.80. The van der Waals surface area contributed by atoms with E-state index >= 15 is 0 Å². The topological polar surface area (TPSA) is 42.2 Å². The number of carbonyl (C=O) groups excluding carboxylic acids is 1.